The van der Waals surface area contributed by atoms with E-state index in [9.17, 15) is 13.9 Å². The number of hydrogen-bond donors (Lipinski definition) is 1. The summed E-state index contributed by atoms with van der Waals surface area (Å²) >= 11 is 0. The van der Waals surface area contributed by atoms with Crippen molar-refractivity contribution in [2.75, 3.05) is 0 Å². The maximum absolute atomic E-state index is 14.6. The van der Waals surface area contributed by atoms with Crippen LogP contribution < -0.4 is 4.74 Å². The Hall–Kier alpha value is -3.03. The molecule has 4 rings (SSSR count). The monoisotopic (exact) mass is 386 g/mol. The number of nitrogens with zero attached hydrogens (tertiary/aromatic N) is 4. The van der Waals surface area contributed by atoms with Crippen LogP contribution in [0.5, 0.6) is 11.6 Å². The number of benzene rings is 1. The van der Waals surface area contributed by atoms with Gasteiger partial charge in [-0.15, -0.1) is 10.2 Å². The number of aromatic nitrogens is 4. The zero-order valence-electron chi connectivity index (χ0n) is 15.3. The summed E-state index contributed by atoms with van der Waals surface area (Å²) < 4.78 is 35.6. The molecule has 0 radical (unpaired) electrons. The molecule has 146 valence electrons. The van der Waals surface area contributed by atoms with Gasteiger partial charge in [0, 0.05) is 36.0 Å². The van der Waals surface area contributed by atoms with Crippen LogP contribution in [0.4, 0.5) is 8.78 Å². The van der Waals surface area contributed by atoms with Crippen molar-refractivity contribution in [2.24, 2.45) is 7.05 Å². The summed E-state index contributed by atoms with van der Waals surface area (Å²) in [6.45, 7) is 0. The van der Waals surface area contributed by atoms with E-state index in [1.165, 1.54) is 18.3 Å². The summed E-state index contributed by atoms with van der Waals surface area (Å²) in [5, 5.41) is 22.3. The van der Waals surface area contributed by atoms with Gasteiger partial charge in [-0.3, -0.25) is 4.68 Å². The highest BCUT2D eigenvalue weighted by Gasteiger charge is 2.27. The number of aromatic hydroxyl groups is 1. The predicted molar refractivity (Wildman–Crippen MR) is 99.1 cm³/mol. The topological polar surface area (TPSA) is 73.1 Å². The lowest BCUT2D eigenvalue weighted by Gasteiger charge is -2.25. The quantitative estimate of drug-likeness (QED) is 0.732. The lowest BCUT2D eigenvalue weighted by molar-refractivity contribution is 0.0594. The Balaban J connectivity index is 1.56. The molecule has 3 aromatic rings. The first kappa shape index (κ1) is 18.3. The second-order valence-corrected chi connectivity index (χ2v) is 6.97. The van der Waals surface area contributed by atoms with Gasteiger partial charge in [-0.2, -0.15) is 5.10 Å². The fourth-order valence-electron chi connectivity index (χ4n) is 3.41. The van der Waals surface area contributed by atoms with Crippen LogP contribution in [-0.4, -0.2) is 37.4 Å². The van der Waals surface area contributed by atoms with E-state index in [1.807, 2.05) is 0 Å². The van der Waals surface area contributed by atoms with Crippen molar-refractivity contribution in [3.05, 3.63) is 42.5 Å². The first-order valence-electron chi connectivity index (χ1n) is 9.17. The number of alkyl halides is 1. The summed E-state index contributed by atoms with van der Waals surface area (Å²) in [6, 6.07) is 5.66. The van der Waals surface area contributed by atoms with Crippen molar-refractivity contribution >= 4 is 0 Å². The Labute approximate surface area is 160 Å². The lowest BCUT2D eigenvalue weighted by Crippen LogP contribution is -2.32. The van der Waals surface area contributed by atoms with Crippen LogP contribution in [-0.2, 0) is 7.05 Å². The number of phenolic OH excluding ortho intramolecular Hbond substituents is 1. The summed E-state index contributed by atoms with van der Waals surface area (Å²) in [5.74, 6) is -0.421. The van der Waals surface area contributed by atoms with E-state index >= 15 is 0 Å². The molecular weight excluding hydrogens is 366 g/mol. The molecule has 2 heterocycles. The highest BCUT2D eigenvalue weighted by molar-refractivity contribution is 5.74. The molecule has 1 aromatic carbocycles. The molecule has 1 aliphatic rings. The van der Waals surface area contributed by atoms with E-state index in [-0.39, 0.29) is 22.8 Å². The average Bonchev–Trinajstić information content (AvgIpc) is 3.12. The first-order chi connectivity index (χ1) is 13.5. The second kappa shape index (κ2) is 7.53. The summed E-state index contributed by atoms with van der Waals surface area (Å²) in [7, 11) is 1.73. The van der Waals surface area contributed by atoms with Crippen LogP contribution in [0.3, 0.4) is 0 Å². The van der Waals surface area contributed by atoms with Crippen molar-refractivity contribution in [3.8, 4) is 34.0 Å². The molecule has 28 heavy (non-hydrogen) atoms. The third-order valence-corrected chi connectivity index (χ3v) is 4.91. The molecule has 2 aromatic heterocycles. The molecule has 0 spiro atoms. The third-order valence-electron chi connectivity index (χ3n) is 4.91. The van der Waals surface area contributed by atoms with E-state index in [2.05, 4.69) is 15.3 Å². The Kier molecular flexibility index (Phi) is 4.93. The average molecular weight is 386 g/mol. The van der Waals surface area contributed by atoms with Crippen LogP contribution >= 0.6 is 0 Å². The lowest BCUT2D eigenvalue weighted by atomic mass is 9.96. The van der Waals surface area contributed by atoms with E-state index < -0.39 is 18.1 Å². The van der Waals surface area contributed by atoms with Gasteiger partial charge in [-0.1, -0.05) is 6.42 Å². The highest BCUT2D eigenvalue weighted by Crippen LogP contribution is 2.35. The molecule has 2 atom stereocenters. The first-order valence-corrected chi connectivity index (χ1v) is 9.17. The maximum atomic E-state index is 14.6. The molecule has 0 unspecified atom stereocenters. The number of halogens is 2. The van der Waals surface area contributed by atoms with Gasteiger partial charge in [-0.25, -0.2) is 8.78 Å². The minimum absolute atomic E-state index is 0.126. The van der Waals surface area contributed by atoms with Crippen LogP contribution in [0.25, 0.3) is 22.4 Å². The second-order valence-electron chi connectivity index (χ2n) is 6.97. The Morgan fingerprint density at radius 2 is 1.96 bits per heavy atom. The van der Waals surface area contributed by atoms with Gasteiger partial charge in [-0.05, 0) is 37.5 Å². The van der Waals surface area contributed by atoms with Crippen LogP contribution in [0.2, 0.25) is 0 Å². The fraction of sp³-hybridized carbons (Fsp3) is 0.350. The zero-order chi connectivity index (χ0) is 19.7. The molecule has 1 N–H and O–H groups in total. The molecule has 1 saturated carbocycles. The number of ether oxygens (including phenoxy) is 1. The van der Waals surface area contributed by atoms with Gasteiger partial charge in [0.25, 0.3) is 0 Å². The van der Waals surface area contributed by atoms with Gasteiger partial charge in [0.2, 0.25) is 5.88 Å². The van der Waals surface area contributed by atoms with Crippen LogP contribution in [0.1, 0.15) is 25.7 Å². The molecule has 6 nitrogen and oxygen atoms in total. The highest BCUT2D eigenvalue weighted by atomic mass is 19.1. The Bertz CT molecular complexity index is 975. The minimum atomic E-state index is -1.01. The molecule has 0 amide bonds. The van der Waals surface area contributed by atoms with Crippen molar-refractivity contribution in [1.29, 1.82) is 0 Å². The maximum Gasteiger partial charge on any atom is 0.233 e. The predicted octanol–water partition coefficient (Wildman–Crippen LogP) is 4.05. The standard InChI is InChI=1S/C20H20F2N4O2/c1-26-11-12(10-23-26)13-9-18(27)14(8-16(13)22)17-6-7-20(25-24-17)28-19-5-3-2-4-15(19)21/h6-11,15,19,27H,2-5H2,1H3/t15-,19+/m0/s1. The number of phenols is 1. The van der Waals surface area contributed by atoms with Gasteiger partial charge in [0.05, 0.1) is 11.9 Å². The van der Waals surface area contributed by atoms with Gasteiger partial charge in [0.15, 0.2) is 0 Å². The smallest absolute Gasteiger partial charge is 0.233 e. The molecule has 0 bridgehead atoms. The van der Waals surface area contributed by atoms with Crippen molar-refractivity contribution < 1.29 is 18.6 Å². The van der Waals surface area contributed by atoms with Crippen molar-refractivity contribution in [1.82, 2.24) is 20.0 Å². The number of rotatable bonds is 4. The van der Waals surface area contributed by atoms with E-state index in [4.69, 9.17) is 4.74 Å². The molecule has 8 heteroatoms. The molecule has 1 fully saturated rings. The van der Waals surface area contributed by atoms with Crippen molar-refractivity contribution in [2.45, 2.75) is 38.0 Å². The summed E-state index contributed by atoms with van der Waals surface area (Å²) in [4.78, 5) is 0. The van der Waals surface area contributed by atoms with Crippen LogP contribution in [0.15, 0.2) is 36.7 Å². The largest absolute Gasteiger partial charge is 0.507 e. The van der Waals surface area contributed by atoms with Gasteiger partial charge >= 0.3 is 0 Å². The molecule has 0 aliphatic heterocycles. The normalized spacial score (nSPS) is 19.5. The third kappa shape index (κ3) is 3.67. The van der Waals surface area contributed by atoms with E-state index in [0.717, 1.165) is 12.8 Å². The van der Waals surface area contributed by atoms with Gasteiger partial charge in [0.1, 0.15) is 23.8 Å². The zero-order valence-corrected chi connectivity index (χ0v) is 15.3. The number of hydrogen-bond acceptors (Lipinski definition) is 5. The summed E-state index contributed by atoms with van der Waals surface area (Å²) in [5.41, 5.74) is 1.31. The number of aryl methyl sites for hydroxylation is 1. The Morgan fingerprint density at radius 3 is 2.64 bits per heavy atom. The Morgan fingerprint density at radius 1 is 1.14 bits per heavy atom. The molecular formula is C20H20F2N4O2. The van der Waals surface area contributed by atoms with E-state index in [1.54, 1.807) is 30.1 Å². The minimum Gasteiger partial charge on any atom is -0.507 e. The molecule has 0 saturated heterocycles. The van der Waals surface area contributed by atoms with Crippen molar-refractivity contribution in [3.63, 3.8) is 0 Å². The summed E-state index contributed by atoms with van der Waals surface area (Å²) in [6.07, 6.45) is 4.59. The fourth-order valence-corrected chi connectivity index (χ4v) is 3.41. The van der Waals surface area contributed by atoms with Gasteiger partial charge < -0.3 is 9.84 Å². The molecule has 1 aliphatic carbocycles. The van der Waals surface area contributed by atoms with E-state index in [0.29, 0.717) is 24.1 Å². The SMILES string of the molecule is Cn1cc(-c2cc(O)c(-c3ccc(O[C@@H]4CCCC[C@@H]4F)nn3)cc2F)cn1. The van der Waals surface area contributed by atoms with Crippen LogP contribution in [0, 0.1) is 5.82 Å².